The molecule has 3 aromatic rings. The molecule has 1 heterocycles. The summed E-state index contributed by atoms with van der Waals surface area (Å²) < 4.78 is 49.9. The Morgan fingerprint density at radius 3 is 2.40 bits per heavy atom. The lowest BCUT2D eigenvalue weighted by atomic mass is 10.1. The van der Waals surface area contributed by atoms with Crippen molar-refractivity contribution in [2.75, 3.05) is 32.0 Å². The van der Waals surface area contributed by atoms with Crippen LogP contribution in [-0.4, -0.2) is 63.6 Å². The minimum Gasteiger partial charge on any atom is -0.462 e. The number of nitrogens with zero attached hydrogens (tertiary/aromatic N) is 1. The Balaban J connectivity index is 1.54. The van der Waals surface area contributed by atoms with Crippen LogP contribution < -0.4 is 5.73 Å². The van der Waals surface area contributed by atoms with Crippen molar-refractivity contribution in [2.24, 2.45) is 0 Å². The molecule has 12 heteroatoms. The van der Waals surface area contributed by atoms with Gasteiger partial charge in [-0.2, -0.15) is 0 Å². The highest BCUT2D eigenvalue weighted by Gasteiger charge is 2.29. The van der Waals surface area contributed by atoms with Crippen molar-refractivity contribution < 1.29 is 37.0 Å². The zero-order valence-corrected chi connectivity index (χ0v) is 28.8. The number of carbonyl (C=O) groups excluding carboxylic acids is 2. The maximum absolute atomic E-state index is 13.5. The van der Waals surface area contributed by atoms with Gasteiger partial charge < -0.3 is 29.6 Å². The van der Waals surface area contributed by atoms with Crippen molar-refractivity contribution in [1.29, 1.82) is 0 Å². The van der Waals surface area contributed by atoms with Gasteiger partial charge in [-0.15, -0.1) is 0 Å². The number of ether oxygens (including phenoxy) is 4. The normalized spacial score (nSPS) is 15.9. The van der Waals surface area contributed by atoms with Crippen LogP contribution in [0.15, 0.2) is 76.5 Å². The fourth-order valence-electron chi connectivity index (χ4n) is 5.04. The van der Waals surface area contributed by atoms with Crippen molar-refractivity contribution in [3.8, 4) is 0 Å². The zero-order valence-electron chi connectivity index (χ0n) is 27.2. The molecule has 1 aliphatic rings. The second kappa shape index (κ2) is 16.0. The first-order valence-electron chi connectivity index (χ1n) is 15.7. The van der Waals surface area contributed by atoms with Crippen LogP contribution in [0.4, 0.5) is 10.5 Å². The van der Waals surface area contributed by atoms with Crippen LogP contribution in [0.25, 0.3) is 0 Å². The third-order valence-electron chi connectivity index (χ3n) is 7.45. The number of amides is 1. The van der Waals surface area contributed by atoms with Gasteiger partial charge in [0, 0.05) is 23.9 Å². The van der Waals surface area contributed by atoms with Crippen LogP contribution in [0.5, 0.6) is 0 Å². The summed E-state index contributed by atoms with van der Waals surface area (Å²) in [4.78, 5) is 27.3. The first-order chi connectivity index (χ1) is 22.3. The molecule has 0 radical (unpaired) electrons. The molecule has 1 amide bonds. The quantitative estimate of drug-likeness (QED) is 0.158. The van der Waals surface area contributed by atoms with Gasteiger partial charge in [0.25, 0.3) is 0 Å². The van der Waals surface area contributed by atoms with Crippen molar-refractivity contribution in [2.45, 2.75) is 81.2 Å². The predicted octanol–water partition coefficient (Wildman–Crippen LogP) is 7.00. The molecule has 4 rings (SSSR count). The Bertz CT molecular complexity index is 1630. The number of sulfone groups is 1. The van der Waals surface area contributed by atoms with Crippen LogP contribution >= 0.6 is 11.6 Å². The number of esters is 1. The summed E-state index contributed by atoms with van der Waals surface area (Å²) in [6.45, 7) is 8.26. The first-order valence-corrected chi connectivity index (χ1v) is 17.5. The molecule has 2 N–H and O–H groups in total. The van der Waals surface area contributed by atoms with Crippen LogP contribution in [0, 0.1) is 0 Å². The van der Waals surface area contributed by atoms with Gasteiger partial charge in [0.15, 0.2) is 6.29 Å². The number of rotatable bonds is 12. The molecule has 1 aliphatic heterocycles. The monoisotopic (exact) mass is 686 g/mol. The van der Waals surface area contributed by atoms with E-state index in [1.807, 2.05) is 18.2 Å². The molecular formula is C35H43ClN2O8S. The van der Waals surface area contributed by atoms with E-state index in [1.54, 1.807) is 50.8 Å². The lowest BCUT2D eigenvalue weighted by molar-refractivity contribution is -0.192. The summed E-state index contributed by atoms with van der Waals surface area (Å²) in [5.74, 6) is -0.693. The Labute approximate surface area is 282 Å². The minimum atomic E-state index is -3.96. The summed E-state index contributed by atoms with van der Waals surface area (Å²) in [6.07, 6.45) is 1.68. The topological polar surface area (TPSA) is 134 Å². The lowest BCUT2D eigenvalue weighted by Gasteiger charge is -2.33. The molecule has 2 atom stereocenters. The van der Waals surface area contributed by atoms with Crippen LogP contribution in [0.1, 0.15) is 74.5 Å². The van der Waals surface area contributed by atoms with E-state index in [0.717, 1.165) is 30.4 Å². The molecule has 1 unspecified atom stereocenters. The molecule has 0 aromatic heterocycles. The molecule has 10 nitrogen and oxygen atoms in total. The highest BCUT2D eigenvalue weighted by molar-refractivity contribution is 7.91. The highest BCUT2D eigenvalue weighted by atomic mass is 35.5. The molecule has 0 spiro atoms. The molecule has 0 bridgehead atoms. The van der Waals surface area contributed by atoms with Gasteiger partial charge in [-0.05, 0) is 107 Å². The fourth-order valence-corrected chi connectivity index (χ4v) is 6.53. The molecule has 0 aliphatic carbocycles. The summed E-state index contributed by atoms with van der Waals surface area (Å²) in [6, 6.07) is 17.7. The van der Waals surface area contributed by atoms with Crippen LogP contribution in [0.3, 0.4) is 0 Å². The number of nitrogens with two attached hydrogens (primary N) is 1. The van der Waals surface area contributed by atoms with E-state index in [-0.39, 0.29) is 40.7 Å². The summed E-state index contributed by atoms with van der Waals surface area (Å²) in [5.41, 5.74) is 6.90. The van der Waals surface area contributed by atoms with Gasteiger partial charge in [-0.25, -0.2) is 18.0 Å². The van der Waals surface area contributed by atoms with Gasteiger partial charge in [-0.3, -0.25) is 0 Å². The summed E-state index contributed by atoms with van der Waals surface area (Å²) >= 11 is 6.32. The van der Waals surface area contributed by atoms with E-state index in [9.17, 15) is 18.0 Å². The third kappa shape index (κ3) is 10.2. The van der Waals surface area contributed by atoms with Crippen molar-refractivity contribution in [1.82, 2.24) is 4.90 Å². The number of anilines is 1. The molecular weight excluding hydrogens is 644 g/mol. The van der Waals surface area contributed by atoms with Gasteiger partial charge in [0.05, 0.1) is 28.5 Å². The number of halogens is 1. The second-order valence-corrected chi connectivity index (χ2v) is 14.7. The number of hydrogen-bond acceptors (Lipinski definition) is 9. The Morgan fingerprint density at radius 2 is 1.77 bits per heavy atom. The van der Waals surface area contributed by atoms with E-state index in [4.69, 9.17) is 36.3 Å². The Kier molecular flexibility index (Phi) is 12.3. The van der Waals surface area contributed by atoms with Crippen molar-refractivity contribution in [3.05, 3.63) is 88.4 Å². The largest absolute Gasteiger partial charge is 0.462 e. The smallest absolute Gasteiger partial charge is 0.410 e. The average Bonchev–Trinajstić information content (AvgIpc) is 3.02. The van der Waals surface area contributed by atoms with Gasteiger partial charge in [-0.1, -0.05) is 35.9 Å². The molecule has 3 aromatic carbocycles. The van der Waals surface area contributed by atoms with E-state index >= 15 is 0 Å². The van der Waals surface area contributed by atoms with Crippen LogP contribution in [-0.2, 0) is 35.2 Å². The van der Waals surface area contributed by atoms with Crippen molar-refractivity contribution in [3.63, 3.8) is 0 Å². The van der Waals surface area contributed by atoms with Gasteiger partial charge >= 0.3 is 12.1 Å². The van der Waals surface area contributed by atoms with Crippen LogP contribution in [0.2, 0.25) is 5.02 Å². The summed E-state index contributed by atoms with van der Waals surface area (Å²) in [5, 5.41) is 0.551. The van der Waals surface area contributed by atoms with Gasteiger partial charge in [0.2, 0.25) is 9.84 Å². The molecule has 1 fully saturated rings. The molecule has 254 valence electrons. The average molecular weight is 687 g/mol. The van der Waals surface area contributed by atoms with E-state index < -0.39 is 39.9 Å². The number of benzene rings is 3. The number of carbonyl (C=O) groups is 2. The SMILES string of the molecule is CCOC(=O)c1cc(S(=O)(=O)c2ccc(CCN(C[C@H](OC3CCCCO3)c3cccc(Cl)c3)C(=O)OC(C)(C)C)cc2)ccc1N. The minimum absolute atomic E-state index is 0.0121. The zero-order chi connectivity index (χ0) is 34.2. The standard InChI is InChI=1S/C35H43ClN2O8S/c1-5-43-33(39)29-22-28(16-17-30(29)37)47(41,42)27-14-12-24(13-15-27)18-19-38(34(40)46-35(2,3)4)23-31(25-9-8-10-26(36)21-25)45-32-11-6-7-20-44-32/h8-10,12-17,21-22,31-32H,5-7,11,18-20,23,37H2,1-4H3/t31-,32?/m0/s1. The molecule has 0 saturated carbocycles. The lowest BCUT2D eigenvalue weighted by Crippen LogP contribution is -2.41. The number of nitrogen functional groups attached to an aromatic ring is 1. The van der Waals surface area contributed by atoms with Crippen molar-refractivity contribution >= 4 is 39.2 Å². The Hall–Kier alpha value is -3.64. The maximum Gasteiger partial charge on any atom is 0.410 e. The fraction of sp³-hybridized carbons (Fsp3) is 0.429. The van der Waals surface area contributed by atoms with E-state index in [2.05, 4.69) is 0 Å². The second-order valence-electron chi connectivity index (χ2n) is 12.3. The molecule has 47 heavy (non-hydrogen) atoms. The Morgan fingerprint density at radius 1 is 1.04 bits per heavy atom. The third-order valence-corrected chi connectivity index (χ3v) is 9.45. The van der Waals surface area contributed by atoms with E-state index in [1.165, 1.54) is 30.3 Å². The predicted molar refractivity (Wildman–Crippen MR) is 179 cm³/mol. The summed E-state index contributed by atoms with van der Waals surface area (Å²) in [7, 11) is -3.96. The highest BCUT2D eigenvalue weighted by Crippen LogP contribution is 2.29. The van der Waals surface area contributed by atoms with Gasteiger partial charge in [0.1, 0.15) is 11.7 Å². The first kappa shape index (κ1) is 36.2. The molecule has 1 saturated heterocycles. The number of hydrogen-bond donors (Lipinski definition) is 1. The van der Waals surface area contributed by atoms with E-state index in [0.29, 0.717) is 18.1 Å². The maximum atomic E-state index is 13.5.